The van der Waals surface area contributed by atoms with Gasteiger partial charge in [0.05, 0.1) is 11.9 Å². The number of carbonyl (C=O) groups excluding carboxylic acids is 1. The number of aromatic nitrogens is 2. The van der Waals surface area contributed by atoms with Crippen LogP contribution in [0.2, 0.25) is 0 Å². The largest absolute Gasteiger partial charge is 0.480 e. The molecule has 21 heavy (non-hydrogen) atoms. The SMILES string of the molecule is CN(CCN1CCCC1)C(=O)Nc1cnn(CC(=O)O)c1. The molecule has 1 aromatic heterocycles. The number of likely N-dealkylation sites (tertiary alicyclic amines) is 1. The summed E-state index contributed by atoms with van der Waals surface area (Å²) in [5, 5.41) is 15.2. The summed E-state index contributed by atoms with van der Waals surface area (Å²) in [6.45, 7) is 3.53. The van der Waals surface area contributed by atoms with Crippen molar-refractivity contribution in [2.24, 2.45) is 0 Å². The molecule has 0 aliphatic carbocycles. The molecule has 2 N–H and O–H groups in total. The highest BCUT2D eigenvalue weighted by molar-refractivity contribution is 5.88. The first-order valence-electron chi connectivity index (χ1n) is 7.03. The fourth-order valence-corrected chi connectivity index (χ4v) is 2.27. The van der Waals surface area contributed by atoms with E-state index >= 15 is 0 Å². The van der Waals surface area contributed by atoms with Crippen molar-refractivity contribution in [1.82, 2.24) is 19.6 Å². The Morgan fingerprint density at radius 2 is 2.14 bits per heavy atom. The Morgan fingerprint density at radius 1 is 1.43 bits per heavy atom. The van der Waals surface area contributed by atoms with Gasteiger partial charge in [-0.05, 0) is 25.9 Å². The topological polar surface area (TPSA) is 90.7 Å². The molecule has 0 saturated carbocycles. The highest BCUT2D eigenvalue weighted by Crippen LogP contribution is 2.08. The maximum atomic E-state index is 12.0. The molecule has 0 spiro atoms. The zero-order valence-corrected chi connectivity index (χ0v) is 12.2. The van der Waals surface area contributed by atoms with Crippen LogP contribution in [0.5, 0.6) is 0 Å². The summed E-state index contributed by atoms with van der Waals surface area (Å²) in [5.74, 6) is -0.973. The second kappa shape index (κ2) is 7.07. The summed E-state index contributed by atoms with van der Waals surface area (Å²) in [7, 11) is 1.74. The Balaban J connectivity index is 1.76. The first-order valence-corrected chi connectivity index (χ1v) is 7.03. The van der Waals surface area contributed by atoms with Crippen LogP contribution in [-0.2, 0) is 11.3 Å². The predicted molar refractivity (Wildman–Crippen MR) is 77.2 cm³/mol. The third-order valence-corrected chi connectivity index (χ3v) is 3.48. The van der Waals surface area contributed by atoms with Crippen molar-refractivity contribution in [3.8, 4) is 0 Å². The van der Waals surface area contributed by atoms with Crippen LogP contribution in [0.1, 0.15) is 12.8 Å². The van der Waals surface area contributed by atoms with Crippen LogP contribution < -0.4 is 5.32 Å². The van der Waals surface area contributed by atoms with Gasteiger partial charge < -0.3 is 20.2 Å². The van der Waals surface area contributed by atoms with E-state index < -0.39 is 5.97 Å². The van der Waals surface area contributed by atoms with Gasteiger partial charge in [-0.2, -0.15) is 5.10 Å². The van der Waals surface area contributed by atoms with Crippen LogP contribution in [-0.4, -0.2) is 69.9 Å². The number of hydrogen-bond donors (Lipinski definition) is 2. The number of anilines is 1. The molecular formula is C13H21N5O3. The molecule has 0 atom stereocenters. The number of urea groups is 1. The number of carboxylic acids is 1. The number of carbonyl (C=O) groups is 2. The fraction of sp³-hybridized carbons (Fsp3) is 0.615. The van der Waals surface area contributed by atoms with Crippen molar-refractivity contribution in [3.05, 3.63) is 12.4 Å². The third kappa shape index (κ3) is 4.75. The smallest absolute Gasteiger partial charge is 0.325 e. The molecule has 0 unspecified atom stereocenters. The molecule has 8 heteroatoms. The Labute approximate surface area is 123 Å². The van der Waals surface area contributed by atoms with E-state index in [-0.39, 0.29) is 12.6 Å². The number of likely N-dealkylation sites (N-methyl/N-ethyl adjacent to an activating group) is 1. The lowest BCUT2D eigenvalue weighted by Crippen LogP contribution is -2.37. The third-order valence-electron chi connectivity index (χ3n) is 3.48. The number of nitrogens with zero attached hydrogens (tertiary/aromatic N) is 4. The Morgan fingerprint density at radius 3 is 2.81 bits per heavy atom. The zero-order valence-electron chi connectivity index (χ0n) is 12.2. The van der Waals surface area contributed by atoms with E-state index in [4.69, 9.17) is 5.11 Å². The minimum atomic E-state index is -0.973. The maximum absolute atomic E-state index is 12.0. The van der Waals surface area contributed by atoms with Gasteiger partial charge in [-0.3, -0.25) is 9.48 Å². The van der Waals surface area contributed by atoms with E-state index in [9.17, 15) is 9.59 Å². The molecule has 1 aromatic rings. The number of aliphatic carboxylic acids is 1. The van der Waals surface area contributed by atoms with Crippen molar-refractivity contribution in [3.63, 3.8) is 0 Å². The Bertz CT molecular complexity index is 496. The summed E-state index contributed by atoms with van der Waals surface area (Å²) < 4.78 is 1.27. The summed E-state index contributed by atoms with van der Waals surface area (Å²) in [6.07, 6.45) is 5.41. The molecule has 2 amide bonds. The average Bonchev–Trinajstić information content (AvgIpc) is 3.07. The van der Waals surface area contributed by atoms with Gasteiger partial charge in [0.25, 0.3) is 0 Å². The van der Waals surface area contributed by atoms with Gasteiger partial charge in [0.15, 0.2) is 0 Å². The molecule has 116 valence electrons. The highest BCUT2D eigenvalue weighted by atomic mass is 16.4. The van der Waals surface area contributed by atoms with E-state index in [1.54, 1.807) is 11.9 Å². The molecule has 1 fully saturated rings. The molecule has 1 aliphatic heterocycles. The minimum absolute atomic E-state index is 0.218. The molecule has 0 aromatic carbocycles. The number of amides is 2. The van der Waals surface area contributed by atoms with Crippen LogP contribution in [0.15, 0.2) is 12.4 Å². The van der Waals surface area contributed by atoms with Crippen molar-refractivity contribution < 1.29 is 14.7 Å². The second-order valence-electron chi connectivity index (χ2n) is 5.22. The van der Waals surface area contributed by atoms with E-state index in [2.05, 4.69) is 15.3 Å². The Kier molecular flexibility index (Phi) is 5.15. The summed E-state index contributed by atoms with van der Waals surface area (Å²) in [5.41, 5.74) is 0.495. The average molecular weight is 295 g/mol. The van der Waals surface area contributed by atoms with Gasteiger partial charge in [-0.1, -0.05) is 0 Å². The van der Waals surface area contributed by atoms with Gasteiger partial charge >= 0.3 is 12.0 Å². The molecule has 2 rings (SSSR count). The summed E-state index contributed by atoms with van der Waals surface area (Å²) >= 11 is 0. The van der Waals surface area contributed by atoms with E-state index in [0.717, 1.165) is 19.6 Å². The molecule has 0 bridgehead atoms. The fourth-order valence-electron chi connectivity index (χ4n) is 2.27. The molecule has 1 aliphatic rings. The van der Waals surface area contributed by atoms with Crippen LogP contribution in [0.3, 0.4) is 0 Å². The maximum Gasteiger partial charge on any atom is 0.325 e. The van der Waals surface area contributed by atoms with Crippen molar-refractivity contribution >= 4 is 17.7 Å². The van der Waals surface area contributed by atoms with E-state index in [1.165, 1.54) is 29.9 Å². The summed E-state index contributed by atoms with van der Waals surface area (Å²) in [4.78, 5) is 26.5. The van der Waals surface area contributed by atoms with Gasteiger partial charge in [0.2, 0.25) is 0 Å². The monoisotopic (exact) mass is 295 g/mol. The highest BCUT2D eigenvalue weighted by Gasteiger charge is 2.15. The van der Waals surface area contributed by atoms with Crippen LogP contribution in [0, 0.1) is 0 Å². The van der Waals surface area contributed by atoms with E-state index in [0.29, 0.717) is 12.2 Å². The van der Waals surface area contributed by atoms with Crippen molar-refractivity contribution in [2.45, 2.75) is 19.4 Å². The minimum Gasteiger partial charge on any atom is -0.480 e. The lowest BCUT2D eigenvalue weighted by Gasteiger charge is -2.21. The zero-order chi connectivity index (χ0) is 15.2. The van der Waals surface area contributed by atoms with Crippen LogP contribution >= 0.6 is 0 Å². The first-order chi connectivity index (χ1) is 10.0. The molecule has 0 radical (unpaired) electrons. The van der Waals surface area contributed by atoms with Gasteiger partial charge in [0.1, 0.15) is 6.54 Å². The van der Waals surface area contributed by atoms with Gasteiger partial charge in [-0.15, -0.1) is 0 Å². The number of nitrogens with one attached hydrogen (secondary N) is 1. The van der Waals surface area contributed by atoms with Crippen LogP contribution in [0.25, 0.3) is 0 Å². The van der Waals surface area contributed by atoms with Gasteiger partial charge in [0, 0.05) is 26.3 Å². The standard InChI is InChI=1S/C13H21N5O3/c1-16(6-7-17-4-2-3-5-17)13(21)15-11-8-14-18(9-11)10-12(19)20/h8-9H,2-7,10H2,1H3,(H,15,21)(H,19,20). The molecule has 2 heterocycles. The number of carboxylic acid groups (broad SMARTS) is 1. The normalized spacial score (nSPS) is 15.1. The lowest BCUT2D eigenvalue weighted by atomic mass is 10.4. The number of hydrogen-bond acceptors (Lipinski definition) is 4. The van der Waals surface area contributed by atoms with Gasteiger partial charge in [-0.25, -0.2) is 4.79 Å². The quantitative estimate of drug-likeness (QED) is 0.799. The van der Waals surface area contributed by atoms with Crippen molar-refractivity contribution in [1.29, 1.82) is 0 Å². The Hall–Kier alpha value is -2.09. The second-order valence-corrected chi connectivity index (χ2v) is 5.22. The first kappa shape index (κ1) is 15.3. The molecule has 8 nitrogen and oxygen atoms in total. The number of rotatable bonds is 6. The molecule has 1 saturated heterocycles. The van der Waals surface area contributed by atoms with E-state index in [1.807, 2.05) is 0 Å². The predicted octanol–water partition coefficient (Wildman–Crippen LogP) is 0.527. The van der Waals surface area contributed by atoms with Crippen LogP contribution in [0.4, 0.5) is 10.5 Å². The summed E-state index contributed by atoms with van der Waals surface area (Å²) in [6, 6.07) is -0.218. The lowest BCUT2D eigenvalue weighted by molar-refractivity contribution is -0.137. The molecular weight excluding hydrogens is 274 g/mol. The van der Waals surface area contributed by atoms with Crippen molar-refractivity contribution in [2.75, 3.05) is 38.5 Å².